The van der Waals surface area contributed by atoms with Crippen LogP contribution in [0.1, 0.15) is 96.1 Å². The number of anilines is 2. The van der Waals surface area contributed by atoms with E-state index >= 15 is 0 Å². The third-order valence-electron chi connectivity index (χ3n) is 14.7. The molecule has 6 aromatic rings. The van der Waals surface area contributed by atoms with Crippen molar-refractivity contribution in [1.82, 2.24) is 19.7 Å². The highest BCUT2D eigenvalue weighted by Crippen LogP contribution is 2.36. The number of rotatable bonds is 17. The maximum atomic E-state index is 13.2. The van der Waals surface area contributed by atoms with Crippen LogP contribution in [0.2, 0.25) is 0 Å². The largest absolute Gasteiger partial charge is 0.372 e. The van der Waals surface area contributed by atoms with Crippen molar-refractivity contribution in [2.45, 2.75) is 91.3 Å². The second-order valence-corrected chi connectivity index (χ2v) is 19.1. The number of aryl methyl sites for hydroxylation is 2. The quantitative estimate of drug-likeness (QED) is 0.0920. The lowest BCUT2D eigenvalue weighted by Crippen LogP contribution is -2.49. The Morgan fingerprint density at radius 2 is 1.45 bits per heavy atom. The average molecular weight is 883 g/mol. The highest BCUT2D eigenvalue weighted by molar-refractivity contribution is 5.99. The summed E-state index contributed by atoms with van der Waals surface area (Å²) >= 11 is 0. The minimum atomic E-state index is -0.314. The molecule has 9 nitrogen and oxygen atoms in total. The molecule has 9 heteroatoms. The fourth-order valence-electron chi connectivity index (χ4n) is 10.7. The third kappa shape index (κ3) is 10.1. The van der Waals surface area contributed by atoms with Gasteiger partial charge in [0.2, 0.25) is 12.3 Å². The van der Waals surface area contributed by atoms with Gasteiger partial charge >= 0.3 is 0 Å². The molecule has 3 aliphatic rings. The first-order chi connectivity index (χ1) is 32.2. The molecule has 0 saturated carbocycles. The van der Waals surface area contributed by atoms with E-state index in [1.54, 1.807) is 0 Å². The molecule has 1 unspecified atom stereocenters. The summed E-state index contributed by atoms with van der Waals surface area (Å²) in [5.74, 6) is 0.409. The van der Waals surface area contributed by atoms with E-state index in [1.165, 1.54) is 87.0 Å². The zero-order valence-corrected chi connectivity index (χ0v) is 39.2. The number of piperazine rings is 1. The summed E-state index contributed by atoms with van der Waals surface area (Å²) < 4.78 is 2.55. The summed E-state index contributed by atoms with van der Waals surface area (Å²) in [7, 11) is 0. The normalized spacial score (nSPS) is 16.2. The van der Waals surface area contributed by atoms with Crippen molar-refractivity contribution in [3.63, 3.8) is 0 Å². The van der Waals surface area contributed by atoms with Crippen LogP contribution in [0.4, 0.5) is 11.4 Å². The van der Waals surface area contributed by atoms with Crippen LogP contribution in [0, 0.1) is 12.8 Å². The number of nitrogens with zero attached hydrogens (tertiary/aromatic N) is 5. The summed E-state index contributed by atoms with van der Waals surface area (Å²) in [5.41, 5.74) is 15.0. The highest BCUT2D eigenvalue weighted by atomic mass is 16.2. The molecule has 0 bridgehead atoms. The zero-order chi connectivity index (χ0) is 45.6. The Labute approximate surface area is 391 Å². The molecule has 5 aromatic carbocycles. The summed E-state index contributed by atoms with van der Waals surface area (Å²) in [4.78, 5) is 45.1. The Morgan fingerprint density at radius 3 is 2.18 bits per heavy atom. The molecule has 9 rings (SSSR count). The Hall–Kier alpha value is -6.19. The van der Waals surface area contributed by atoms with Crippen molar-refractivity contribution in [2.75, 3.05) is 55.6 Å². The molecule has 3 aliphatic heterocycles. The van der Waals surface area contributed by atoms with Gasteiger partial charge in [0.15, 0.2) is 0 Å². The smallest absolute Gasteiger partial charge is 0.254 e. The lowest BCUT2D eigenvalue weighted by atomic mass is 9.95. The molecule has 2 saturated heterocycles. The molecule has 0 aliphatic carbocycles. The van der Waals surface area contributed by atoms with Gasteiger partial charge in [0, 0.05) is 99.2 Å². The molecule has 66 heavy (non-hydrogen) atoms. The second kappa shape index (κ2) is 20.5. The maximum absolute atomic E-state index is 13.2. The number of unbranched alkanes of at least 4 members (excludes halogenated alkanes) is 1. The SMILES string of the molecule is CCCCc1ccc2c(c1)c(C)c(-c1ccc(Cc3ccccc3)cc1)n2Cc1ccc(N2CCC(CN3CCN(c4ccc5c(c4)CN(C(C)CCC(=O)NC=O)C5=O)CC3)CC2)cc1. The summed E-state index contributed by atoms with van der Waals surface area (Å²) in [6.07, 6.45) is 8.03. The molecular weight excluding hydrogens is 817 g/mol. The van der Waals surface area contributed by atoms with E-state index < -0.39 is 0 Å². The van der Waals surface area contributed by atoms with Crippen molar-refractivity contribution in [2.24, 2.45) is 5.92 Å². The van der Waals surface area contributed by atoms with Crippen LogP contribution in [0.15, 0.2) is 115 Å². The molecule has 0 spiro atoms. The van der Waals surface area contributed by atoms with Gasteiger partial charge in [-0.15, -0.1) is 0 Å². The van der Waals surface area contributed by atoms with Crippen molar-refractivity contribution >= 4 is 40.5 Å². The van der Waals surface area contributed by atoms with Gasteiger partial charge in [0.1, 0.15) is 0 Å². The zero-order valence-electron chi connectivity index (χ0n) is 39.2. The first-order valence-corrected chi connectivity index (χ1v) is 24.5. The number of carbonyl (C=O) groups is 3. The van der Waals surface area contributed by atoms with Crippen molar-refractivity contribution < 1.29 is 14.4 Å². The third-order valence-corrected chi connectivity index (χ3v) is 14.7. The molecule has 1 atom stereocenters. The van der Waals surface area contributed by atoms with Gasteiger partial charge in [-0.2, -0.15) is 0 Å². The molecule has 1 N–H and O–H groups in total. The van der Waals surface area contributed by atoms with Crippen LogP contribution in [0.25, 0.3) is 22.2 Å². The first-order valence-electron chi connectivity index (χ1n) is 24.5. The van der Waals surface area contributed by atoms with Gasteiger partial charge in [0.05, 0.1) is 5.69 Å². The van der Waals surface area contributed by atoms with E-state index in [0.717, 1.165) is 76.3 Å². The standard InChI is InChI=1S/C57H66N6O3/c1-4-5-9-44-17-24-54-53(35-44)42(3)56(48-18-13-45(14-19-48)34-43-10-7-6-8-11-43)63(54)38-46-15-20-50(21-16-46)60-28-26-47(27-29-60)37-59-30-32-61(33-31-59)51-22-23-52-49(36-51)39-62(57(52)66)41(2)12-25-55(65)58-40-64/h6-8,10-11,13-24,35-36,40-41,47H,4-5,9,12,25-34,37-39H2,1-3H3,(H,58,64,65). The lowest BCUT2D eigenvalue weighted by Gasteiger charge is -2.40. The number of hydrogen-bond acceptors (Lipinski definition) is 6. The number of carbonyl (C=O) groups excluding carboxylic acids is 3. The van der Waals surface area contributed by atoms with Crippen LogP contribution < -0.4 is 15.1 Å². The van der Waals surface area contributed by atoms with E-state index in [4.69, 9.17) is 0 Å². The highest BCUT2D eigenvalue weighted by Gasteiger charge is 2.32. The predicted molar refractivity (Wildman–Crippen MR) is 268 cm³/mol. The van der Waals surface area contributed by atoms with Crippen LogP contribution in [-0.4, -0.2) is 84.4 Å². The maximum Gasteiger partial charge on any atom is 0.254 e. The van der Waals surface area contributed by atoms with Crippen molar-refractivity contribution in [1.29, 1.82) is 0 Å². The van der Waals surface area contributed by atoms with E-state index in [-0.39, 0.29) is 24.3 Å². The van der Waals surface area contributed by atoms with E-state index in [1.807, 2.05) is 17.9 Å². The number of fused-ring (bicyclic) bond motifs is 2. The Morgan fingerprint density at radius 1 is 0.773 bits per heavy atom. The molecule has 1 aromatic heterocycles. The van der Waals surface area contributed by atoms with Crippen LogP contribution in [-0.2, 0) is 35.5 Å². The number of nitrogens with one attached hydrogen (secondary N) is 1. The van der Waals surface area contributed by atoms with Crippen molar-refractivity contribution in [3.8, 4) is 11.3 Å². The fraction of sp³-hybridized carbons (Fsp3) is 0.386. The van der Waals surface area contributed by atoms with E-state index in [2.05, 4.69) is 148 Å². The second-order valence-electron chi connectivity index (χ2n) is 19.1. The summed E-state index contributed by atoms with van der Waals surface area (Å²) in [6, 6.07) is 42.7. The fourth-order valence-corrected chi connectivity index (χ4v) is 10.7. The minimum absolute atomic E-state index is 0.0201. The monoisotopic (exact) mass is 883 g/mol. The molecule has 4 heterocycles. The molecule has 342 valence electrons. The Bertz CT molecular complexity index is 2620. The number of hydrogen-bond donors (Lipinski definition) is 1. The van der Waals surface area contributed by atoms with Gasteiger partial charge in [-0.3, -0.25) is 24.6 Å². The predicted octanol–water partition coefficient (Wildman–Crippen LogP) is 10.0. The average Bonchev–Trinajstić information content (AvgIpc) is 3.82. The summed E-state index contributed by atoms with van der Waals surface area (Å²) in [5, 5.41) is 3.55. The van der Waals surface area contributed by atoms with Crippen LogP contribution >= 0.6 is 0 Å². The van der Waals surface area contributed by atoms with Gasteiger partial charge in [-0.05, 0) is 140 Å². The summed E-state index contributed by atoms with van der Waals surface area (Å²) in [6.45, 7) is 15.3. The Kier molecular flexibility index (Phi) is 14.0. The van der Waals surface area contributed by atoms with Crippen LogP contribution in [0.5, 0.6) is 0 Å². The van der Waals surface area contributed by atoms with E-state index in [9.17, 15) is 14.4 Å². The molecule has 2 fully saturated rings. The number of imide groups is 1. The van der Waals surface area contributed by atoms with Gasteiger partial charge in [0.25, 0.3) is 5.91 Å². The number of piperidine rings is 1. The lowest BCUT2D eigenvalue weighted by molar-refractivity contribution is -0.125. The van der Waals surface area contributed by atoms with E-state index in [0.29, 0.717) is 25.3 Å². The number of aromatic nitrogens is 1. The molecule has 3 amide bonds. The first kappa shape index (κ1) is 45.0. The molecular formula is C57H66N6O3. The topological polar surface area (TPSA) is 81.1 Å². The van der Waals surface area contributed by atoms with Gasteiger partial charge < -0.3 is 19.3 Å². The van der Waals surface area contributed by atoms with Gasteiger partial charge in [-0.25, -0.2) is 0 Å². The Balaban J connectivity index is 0.787. The number of benzene rings is 5. The number of amides is 3. The van der Waals surface area contributed by atoms with Gasteiger partial charge in [-0.1, -0.05) is 86.1 Å². The minimum Gasteiger partial charge on any atom is -0.372 e. The van der Waals surface area contributed by atoms with Crippen molar-refractivity contribution in [3.05, 3.63) is 154 Å². The van der Waals surface area contributed by atoms with Crippen LogP contribution in [0.3, 0.4) is 0 Å². The molecule has 0 radical (unpaired) electrons.